The Labute approximate surface area is 225 Å². The van der Waals surface area contributed by atoms with Gasteiger partial charge in [-0.2, -0.15) is 5.10 Å². The van der Waals surface area contributed by atoms with Gasteiger partial charge in [-0.3, -0.25) is 9.59 Å². The van der Waals surface area contributed by atoms with Gasteiger partial charge in [-0.1, -0.05) is 70.2 Å². The molecular weight excluding hydrogens is 476 g/mol. The molecule has 0 saturated carbocycles. The zero-order valence-electron chi connectivity index (χ0n) is 23.0. The van der Waals surface area contributed by atoms with Crippen LogP contribution >= 0.6 is 0 Å². The van der Waals surface area contributed by atoms with E-state index in [0.29, 0.717) is 23.7 Å². The van der Waals surface area contributed by atoms with Crippen LogP contribution in [0.15, 0.2) is 66.4 Å². The molecule has 2 heterocycles. The Morgan fingerprint density at radius 2 is 1.68 bits per heavy atom. The van der Waals surface area contributed by atoms with Crippen molar-refractivity contribution in [3.05, 3.63) is 88.8 Å². The smallest absolute Gasteiger partial charge is 0.295 e. The molecule has 7 nitrogen and oxygen atoms in total. The minimum atomic E-state index is -0.660. The molecule has 1 saturated heterocycles. The van der Waals surface area contributed by atoms with Crippen molar-refractivity contribution in [2.24, 2.45) is 0 Å². The van der Waals surface area contributed by atoms with Crippen LogP contribution in [0.2, 0.25) is 0 Å². The summed E-state index contributed by atoms with van der Waals surface area (Å²) in [4.78, 5) is 30.7. The van der Waals surface area contributed by atoms with Crippen LogP contribution < -0.4 is 0 Å². The number of benzene rings is 2. The molecule has 7 heteroatoms. The van der Waals surface area contributed by atoms with Gasteiger partial charge in [0, 0.05) is 6.54 Å². The molecule has 1 N–H and O–H groups in total. The third-order valence-electron chi connectivity index (χ3n) is 7.49. The normalized spacial score (nSPS) is 17.2. The molecule has 1 aliphatic rings. The number of Topliss-reactive ketones (excluding diaryl/α,β-unsaturated/α-hetero) is 1. The van der Waals surface area contributed by atoms with Gasteiger partial charge in [0.2, 0.25) is 0 Å². The predicted octanol–water partition coefficient (Wildman–Crippen LogP) is 5.46. The maximum Gasteiger partial charge on any atom is 0.295 e. The Bertz CT molecular complexity index is 1300. The molecule has 0 radical (unpaired) electrons. The average molecular weight is 515 g/mol. The number of rotatable bonds is 10. The molecule has 1 fully saturated rings. The second kappa shape index (κ2) is 11.8. The van der Waals surface area contributed by atoms with Crippen molar-refractivity contribution in [2.45, 2.75) is 53.0 Å². The van der Waals surface area contributed by atoms with Gasteiger partial charge in [0.25, 0.3) is 11.7 Å². The molecule has 38 heavy (non-hydrogen) atoms. The van der Waals surface area contributed by atoms with Crippen LogP contribution in [0.1, 0.15) is 68.5 Å². The van der Waals surface area contributed by atoms with Crippen molar-refractivity contribution in [3.63, 3.8) is 0 Å². The molecule has 0 aliphatic carbocycles. The number of likely N-dealkylation sites (tertiary alicyclic amines) is 1. The molecule has 1 unspecified atom stereocenters. The SMILES string of the molecule is CCN(CC)CCCN1C(=O)C(=O)/C(=C(/O)c2cnn(-c3ccccc3)c2C)C1c1ccc(C(C)C)cc1. The van der Waals surface area contributed by atoms with Gasteiger partial charge >= 0.3 is 0 Å². The van der Waals surface area contributed by atoms with Gasteiger partial charge in [-0.25, -0.2) is 4.68 Å². The summed E-state index contributed by atoms with van der Waals surface area (Å²) in [5.41, 5.74) is 4.08. The van der Waals surface area contributed by atoms with Gasteiger partial charge in [0.1, 0.15) is 5.76 Å². The van der Waals surface area contributed by atoms with E-state index >= 15 is 0 Å². The number of aliphatic hydroxyl groups is 1. The fraction of sp³-hybridized carbons (Fsp3) is 0.387. The predicted molar refractivity (Wildman–Crippen MR) is 150 cm³/mol. The van der Waals surface area contributed by atoms with Crippen LogP contribution in [0.4, 0.5) is 0 Å². The molecule has 1 amide bonds. The topological polar surface area (TPSA) is 78.7 Å². The summed E-state index contributed by atoms with van der Waals surface area (Å²) in [7, 11) is 0. The highest BCUT2D eigenvalue weighted by atomic mass is 16.3. The highest BCUT2D eigenvalue weighted by Crippen LogP contribution is 2.40. The van der Waals surface area contributed by atoms with Crippen LogP contribution in [-0.4, -0.2) is 62.6 Å². The largest absolute Gasteiger partial charge is 0.507 e. The molecule has 0 bridgehead atoms. The fourth-order valence-corrected chi connectivity index (χ4v) is 5.14. The second-order valence-corrected chi connectivity index (χ2v) is 10.1. The number of hydrogen-bond donors (Lipinski definition) is 1. The van der Waals surface area contributed by atoms with Crippen molar-refractivity contribution >= 4 is 17.4 Å². The zero-order chi connectivity index (χ0) is 27.4. The summed E-state index contributed by atoms with van der Waals surface area (Å²) < 4.78 is 1.72. The minimum absolute atomic E-state index is 0.117. The molecule has 0 spiro atoms. The second-order valence-electron chi connectivity index (χ2n) is 10.1. The quantitative estimate of drug-likeness (QED) is 0.221. The van der Waals surface area contributed by atoms with Gasteiger partial charge in [0.15, 0.2) is 0 Å². The van der Waals surface area contributed by atoms with E-state index in [1.807, 2.05) is 61.5 Å². The molecule has 4 rings (SSSR count). The standard InChI is InChI=1S/C31H38N4O3/c1-6-33(7-2)18-11-19-34-28(24-16-14-23(15-17-24)21(3)4)27(30(37)31(34)38)29(36)26-20-32-35(22(26)5)25-12-9-8-10-13-25/h8-10,12-17,20-21,28,36H,6-7,11,18-19H2,1-5H3/b29-27+. The van der Waals surface area contributed by atoms with E-state index in [4.69, 9.17) is 0 Å². The van der Waals surface area contributed by atoms with E-state index in [9.17, 15) is 14.7 Å². The van der Waals surface area contributed by atoms with Crippen LogP contribution in [0.5, 0.6) is 0 Å². The Balaban J connectivity index is 1.77. The maximum atomic E-state index is 13.4. The number of aliphatic hydroxyl groups excluding tert-OH is 1. The highest BCUT2D eigenvalue weighted by molar-refractivity contribution is 6.46. The molecule has 1 aromatic heterocycles. The number of aromatic nitrogens is 2. The summed E-state index contributed by atoms with van der Waals surface area (Å²) in [6, 6.07) is 17.0. The van der Waals surface area contributed by atoms with E-state index in [0.717, 1.165) is 37.3 Å². The van der Waals surface area contributed by atoms with Gasteiger partial charge < -0.3 is 14.9 Å². The monoisotopic (exact) mass is 514 g/mol. The molecule has 1 aliphatic heterocycles. The third-order valence-corrected chi connectivity index (χ3v) is 7.49. The summed E-state index contributed by atoms with van der Waals surface area (Å²) in [6.07, 6.45) is 2.30. The lowest BCUT2D eigenvalue weighted by atomic mass is 9.93. The number of nitrogens with zero attached hydrogens (tertiary/aromatic N) is 4. The number of amides is 1. The molecule has 200 valence electrons. The summed E-state index contributed by atoms with van der Waals surface area (Å²) in [5, 5.41) is 16.0. The van der Waals surface area contributed by atoms with E-state index < -0.39 is 17.7 Å². The molecule has 2 aromatic carbocycles. The van der Waals surface area contributed by atoms with Crippen LogP contribution in [0.3, 0.4) is 0 Å². The van der Waals surface area contributed by atoms with Crippen molar-refractivity contribution in [3.8, 4) is 5.69 Å². The van der Waals surface area contributed by atoms with Gasteiger partial charge in [0.05, 0.1) is 34.8 Å². The van der Waals surface area contributed by atoms with Gasteiger partial charge in [-0.15, -0.1) is 0 Å². The Hall–Kier alpha value is -3.71. The zero-order valence-corrected chi connectivity index (χ0v) is 23.0. The van der Waals surface area contributed by atoms with Crippen LogP contribution in [0.25, 0.3) is 11.4 Å². The Kier molecular flexibility index (Phi) is 8.47. The minimum Gasteiger partial charge on any atom is -0.507 e. The third kappa shape index (κ3) is 5.29. The van der Waals surface area contributed by atoms with Crippen LogP contribution in [0, 0.1) is 6.92 Å². The fourth-order valence-electron chi connectivity index (χ4n) is 5.14. The number of carbonyl (C=O) groups excluding carboxylic acids is 2. The number of para-hydroxylation sites is 1. The molecule has 1 atom stereocenters. The lowest BCUT2D eigenvalue weighted by Crippen LogP contribution is -2.33. The number of carbonyl (C=O) groups is 2. The summed E-state index contributed by atoms with van der Waals surface area (Å²) in [5.74, 6) is -1.06. The molecular formula is C31H38N4O3. The van der Waals surface area contributed by atoms with E-state index in [1.165, 1.54) is 5.56 Å². The Morgan fingerprint density at radius 1 is 1.03 bits per heavy atom. The first-order chi connectivity index (χ1) is 18.3. The van der Waals surface area contributed by atoms with Crippen molar-refractivity contribution in [1.29, 1.82) is 0 Å². The average Bonchev–Trinajstić information content (AvgIpc) is 3.43. The highest BCUT2D eigenvalue weighted by Gasteiger charge is 2.46. The Morgan fingerprint density at radius 3 is 2.29 bits per heavy atom. The summed E-state index contributed by atoms with van der Waals surface area (Å²) in [6.45, 7) is 13.5. The van der Waals surface area contributed by atoms with Gasteiger partial charge in [-0.05, 0) is 62.2 Å². The first kappa shape index (κ1) is 27.3. The van der Waals surface area contributed by atoms with Crippen molar-refractivity contribution in [2.75, 3.05) is 26.2 Å². The first-order valence-corrected chi connectivity index (χ1v) is 13.5. The van der Waals surface area contributed by atoms with Crippen molar-refractivity contribution in [1.82, 2.24) is 19.6 Å². The van der Waals surface area contributed by atoms with E-state index in [-0.39, 0.29) is 11.3 Å². The lowest BCUT2D eigenvalue weighted by molar-refractivity contribution is -0.140. The maximum absolute atomic E-state index is 13.4. The summed E-state index contributed by atoms with van der Waals surface area (Å²) >= 11 is 0. The number of ketones is 1. The molecule has 3 aromatic rings. The van der Waals surface area contributed by atoms with E-state index in [1.54, 1.807) is 15.8 Å². The van der Waals surface area contributed by atoms with Crippen molar-refractivity contribution < 1.29 is 14.7 Å². The van der Waals surface area contributed by atoms with E-state index in [2.05, 4.69) is 37.7 Å². The lowest BCUT2D eigenvalue weighted by Gasteiger charge is -2.27. The van der Waals surface area contributed by atoms with Crippen LogP contribution in [-0.2, 0) is 9.59 Å². The first-order valence-electron chi connectivity index (χ1n) is 13.5. The number of hydrogen-bond acceptors (Lipinski definition) is 5.